The minimum Gasteiger partial charge on any atom is -0.454 e. The molecule has 2 heterocycles. The molecule has 1 N–H and O–H groups in total. The van der Waals surface area contributed by atoms with Gasteiger partial charge in [-0.05, 0) is 36.8 Å². The van der Waals surface area contributed by atoms with Gasteiger partial charge >= 0.3 is 0 Å². The number of halogens is 1. The fourth-order valence-electron chi connectivity index (χ4n) is 3.87. The lowest BCUT2D eigenvalue weighted by molar-refractivity contribution is 0.173. The number of piperazine rings is 1. The van der Waals surface area contributed by atoms with Crippen molar-refractivity contribution in [2.45, 2.75) is 13.0 Å². The molecule has 0 unspecified atom stereocenters. The summed E-state index contributed by atoms with van der Waals surface area (Å²) in [6, 6.07) is 12.3. The minimum absolute atomic E-state index is 0.0297. The summed E-state index contributed by atoms with van der Waals surface area (Å²) >= 11 is 0. The number of nitrogens with one attached hydrogen (secondary N) is 1. The summed E-state index contributed by atoms with van der Waals surface area (Å²) in [6.45, 7) is 4.74. The van der Waals surface area contributed by atoms with E-state index in [1.54, 1.807) is 19.1 Å². The Morgan fingerprint density at radius 1 is 1.07 bits per heavy atom. The Labute approximate surface area is 176 Å². The molecule has 1 fully saturated rings. The quantitative estimate of drug-likeness (QED) is 0.720. The van der Waals surface area contributed by atoms with Crippen molar-refractivity contribution in [3.05, 3.63) is 53.8 Å². The Balaban J connectivity index is 1.52. The van der Waals surface area contributed by atoms with Crippen LogP contribution < -0.4 is 19.1 Å². The summed E-state index contributed by atoms with van der Waals surface area (Å²) in [5.41, 5.74) is 1.56. The number of para-hydroxylation sites is 1. The van der Waals surface area contributed by atoms with E-state index in [-0.39, 0.29) is 30.9 Å². The van der Waals surface area contributed by atoms with Crippen molar-refractivity contribution in [2.75, 3.05) is 50.2 Å². The van der Waals surface area contributed by atoms with E-state index in [4.69, 9.17) is 9.47 Å². The summed E-state index contributed by atoms with van der Waals surface area (Å²) < 4.78 is 51.9. The number of hydrogen-bond acceptors (Lipinski definition) is 6. The number of ether oxygens (including phenoxy) is 2. The van der Waals surface area contributed by atoms with Gasteiger partial charge in [0.2, 0.25) is 16.8 Å². The molecule has 0 aliphatic carbocycles. The maximum Gasteiger partial charge on any atom is 0.231 e. The lowest BCUT2D eigenvalue weighted by Gasteiger charge is -2.40. The van der Waals surface area contributed by atoms with Crippen LogP contribution in [-0.4, -0.2) is 58.6 Å². The van der Waals surface area contributed by atoms with Gasteiger partial charge in [-0.25, -0.2) is 17.5 Å². The van der Waals surface area contributed by atoms with Gasteiger partial charge in [-0.15, -0.1) is 0 Å². The molecule has 2 aliphatic heterocycles. The van der Waals surface area contributed by atoms with E-state index < -0.39 is 10.0 Å². The van der Waals surface area contributed by atoms with E-state index in [2.05, 4.69) is 9.62 Å². The van der Waals surface area contributed by atoms with Crippen molar-refractivity contribution in [2.24, 2.45) is 0 Å². The fourth-order valence-corrected chi connectivity index (χ4v) is 4.48. The number of anilines is 1. The fraction of sp³-hybridized carbons (Fsp3) is 0.429. The lowest BCUT2D eigenvalue weighted by Crippen LogP contribution is -2.50. The molecule has 2 aliphatic rings. The number of hydrogen-bond donors (Lipinski definition) is 1. The zero-order valence-corrected chi connectivity index (χ0v) is 17.7. The molecule has 0 saturated carbocycles. The molecule has 9 heteroatoms. The standard InChI is InChI=1S/C21H26FN3O4S/c1-2-30(26,27)23-14-19(16-7-8-20-21(13-16)29-15-28-20)25-11-9-24(10-12-25)18-6-4-3-5-17(18)22/h3-8,13,19,23H,2,9-12,14-15H2,1H3/t19-/m0/s1. The van der Waals surface area contributed by atoms with E-state index in [9.17, 15) is 12.8 Å². The van der Waals surface area contributed by atoms with Gasteiger partial charge in [0.1, 0.15) is 5.82 Å². The predicted octanol–water partition coefficient (Wildman–Crippen LogP) is 2.36. The first-order valence-corrected chi connectivity index (χ1v) is 11.7. The van der Waals surface area contributed by atoms with Gasteiger partial charge < -0.3 is 14.4 Å². The smallest absolute Gasteiger partial charge is 0.231 e. The van der Waals surface area contributed by atoms with Gasteiger partial charge in [-0.2, -0.15) is 0 Å². The molecule has 0 radical (unpaired) electrons. The number of sulfonamides is 1. The molecule has 4 rings (SSSR count). The van der Waals surface area contributed by atoms with Crippen molar-refractivity contribution in [1.82, 2.24) is 9.62 Å². The second-order valence-corrected chi connectivity index (χ2v) is 9.45. The van der Waals surface area contributed by atoms with Crippen molar-refractivity contribution in [1.29, 1.82) is 0 Å². The molecule has 0 bridgehead atoms. The second-order valence-electron chi connectivity index (χ2n) is 7.35. The summed E-state index contributed by atoms with van der Waals surface area (Å²) in [5.74, 6) is 1.16. The maximum absolute atomic E-state index is 14.2. The number of benzene rings is 2. The van der Waals surface area contributed by atoms with Gasteiger partial charge in [-0.1, -0.05) is 18.2 Å². The third-order valence-corrected chi connectivity index (χ3v) is 6.97. The van der Waals surface area contributed by atoms with Crippen molar-refractivity contribution in [3.63, 3.8) is 0 Å². The molecule has 162 valence electrons. The van der Waals surface area contributed by atoms with Crippen LogP contribution in [0.2, 0.25) is 0 Å². The minimum atomic E-state index is -3.32. The van der Waals surface area contributed by atoms with Crippen molar-refractivity contribution in [3.8, 4) is 11.5 Å². The Hall–Kier alpha value is -2.36. The van der Waals surface area contributed by atoms with Crippen LogP contribution in [0.3, 0.4) is 0 Å². The summed E-state index contributed by atoms with van der Waals surface area (Å²) in [5, 5.41) is 0. The molecular weight excluding hydrogens is 409 g/mol. The number of rotatable bonds is 7. The average molecular weight is 436 g/mol. The van der Waals surface area contributed by atoms with Gasteiger partial charge in [0, 0.05) is 38.8 Å². The normalized spacial score (nSPS) is 17.9. The van der Waals surface area contributed by atoms with Crippen LogP contribution in [-0.2, 0) is 10.0 Å². The van der Waals surface area contributed by atoms with E-state index >= 15 is 0 Å². The zero-order chi connectivity index (χ0) is 21.1. The van der Waals surface area contributed by atoms with E-state index in [1.165, 1.54) is 6.07 Å². The topological polar surface area (TPSA) is 71.1 Å². The zero-order valence-electron chi connectivity index (χ0n) is 16.9. The molecule has 30 heavy (non-hydrogen) atoms. The Morgan fingerprint density at radius 3 is 2.53 bits per heavy atom. The average Bonchev–Trinajstić information content (AvgIpc) is 3.23. The molecule has 1 atom stereocenters. The van der Waals surface area contributed by atoms with Crippen LogP contribution in [0.5, 0.6) is 11.5 Å². The first-order chi connectivity index (χ1) is 14.5. The van der Waals surface area contributed by atoms with Gasteiger partial charge in [0.05, 0.1) is 11.4 Å². The Bertz CT molecular complexity index is 993. The molecule has 0 amide bonds. The van der Waals surface area contributed by atoms with Crippen LogP contribution in [0, 0.1) is 5.82 Å². The van der Waals surface area contributed by atoms with Gasteiger partial charge in [0.25, 0.3) is 0 Å². The highest BCUT2D eigenvalue weighted by Crippen LogP contribution is 2.36. The van der Waals surface area contributed by atoms with E-state index in [1.807, 2.05) is 29.2 Å². The maximum atomic E-state index is 14.2. The summed E-state index contributed by atoms with van der Waals surface area (Å²) in [7, 11) is -3.32. The Morgan fingerprint density at radius 2 is 1.80 bits per heavy atom. The third-order valence-electron chi connectivity index (χ3n) is 5.61. The highest BCUT2D eigenvalue weighted by molar-refractivity contribution is 7.89. The third kappa shape index (κ3) is 4.53. The molecule has 0 aromatic heterocycles. The SMILES string of the molecule is CCS(=O)(=O)NC[C@@H](c1ccc2c(c1)OCO2)N1CCN(c2ccccc2F)CC1. The molecule has 0 spiro atoms. The first-order valence-electron chi connectivity index (χ1n) is 10.1. The van der Waals surface area contributed by atoms with Crippen LogP contribution in [0.1, 0.15) is 18.5 Å². The molecule has 1 saturated heterocycles. The van der Waals surface area contributed by atoms with Crippen LogP contribution in [0.25, 0.3) is 0 Å². The molecule has 7 nitrogen and oxygen atoms in total. The van der Waals surface area contributed by atoms with Crippen LogP contribution in [0.15, 0.2) is 42.5 Å². The van der Waals surface area contributed by atoms with Crippen LogP contribution >= 0.6 is 0 Å². The van der Waals surface area contributed by atoms with Crippen molar-refractivity contribution >= 4 is 15.7 Å². The molecular formula is C21H26FN3O4S. The van der Waals surface area contributed by atoms with Gasteiger partial charge in [-0.3, -0.25) is 4.90 Å². The monoisotopic (exact) mass is 435 g/mol. The predicted molar refractivity (Wildman–Crippen MR) is 113 cm³/mol. The second kappa shape index (κ2) is 8.79. The van der Waals surface area contributed by atoms with E-state index in [0.29, 0.717) is 43.4 Å². The van der Waals surface area contributed by atoms with E-state index in [0.717, 1.165) is 5.56 Å². The number of nitrogens with zero attached hydrogens (tertiary/aromatic N) is 2. The summed E-state index contributed by atoms with van der Waals surface area (Å²) in [6.07, 6.45) is 0. The molecule has 2 aromatic carbocycles. The highest BCUT2D eigenvalue weighted by atomic mass is 32.2. The largest absolute Gasteiger partial charge is 0.454 e. The number of fused-ring (bicyclic) bond motifs is 1. The highest BCUT2D eigenvalue weighted by Gasteiger charge is 2.28. The van der Waals surface area contributed by atoms with Gasteiger partial charge in [0.15, 0.2) is 11.5 Å². The summed E-state index contributed by atoms with van der Waals surface area (Å²) in [4.78, 5) is 4.26. The molecule has 2 aromatic rings. The van der Waals surface area contributed by atoms with Crippen molar-refractivity contribution < 1.29 is 22.3 Å². The Kier molecular flexibility index (Phi) is 6.12. The first kappa shape index (κ1) is 20.9. The van der Waals surface area contributed by atoms with Crippen LogP contribution in [0.4, 0.5) is 10.1 Å². The lowest BCUT2D eigenvalue weighted by atomic mass is 10.0.